The van der Waals surface area contributed by atoms with E-state index in [1.807, 2.05) is 6.92 Å². The van der Waals surface area contributed by atoms with Gasteiger partial charge in [0.15, 0.2) is 0 Å². The van der Waals surface area contributed by atoms with Crippen molar-refractivity contribution in [3.05, 3.63) is 12.7 Å². The van der Waals surface area contributed by atoms with Gasteiger partial charge in [0.05, 0.1) is 24.7 Å². The summed E-state index contributed by atoms with van der Waals surface area (Å²) in [5, 5.41) is 0. The van der Waals surface area contributed by atoms with Crippen LogP contribution >= 0.6 is 0 Å². The van der Waals surface area contributed by atoms with Crippen molar-refractivity contribution in [3.8, 4) is 0 Å². The van der Waals surface area contributed by atoms with E-state index < -0.39 is 0 Å². The first-order chi connectivity index (χ1) is 6.59. The summed E-state index contributed by atoms with van der Waals surface area (Å²) in [6, 6.07) is 0. The molecule has 0 N–H and O–H groups in total. The Balaban J connectivity index is 2.36. The van der Waals surface area contributed by atoms with Crippen molar-refractivity contribution in [3.63, 3.8) is 0 Å². The lowest BCUT2D eigenvalue weighted by Crippen LogP contribution is -2.23. The predicted octanol–water partition coefficient (Wildman–Crippen LogP) is 2.06. The summed E-state index contributed by atoms with van der Waals surface area (Å²) in [6.07, 6.45) is 3.99. The minimum Gasteiger partial charge on any atom is -0.466 e. The highest BCUT2D eigenvalue weighted by Gasteiger charge is 2.34. The zero-order valence-electron chi connectivity index (χ0n) is 8.91. The number of hydrogen-bond donors (Lipinski definition) is 0. The number of rotatable bonds is 4. The van der Waals surface area contributed by atoms with Gasteiger partial charge in [0, 0.05) is 0 Å². The lowest BCUT2D eigenvalue weighted by atomic mass is 10.0. The summed E-state index contributed by atoms with van der Waals surface area (Å²) in [5.41, 5.74) is -0.253. The predicted molar refractivity (Wildman–Crippen MR) is 54.0 cm³/mol. The molecule has 0 saturated carbocycles. The Morgan fingerprint density at radius 2 is 2.50 bits per heavy atom. The lowest BCUT2D eigenvalue weighted by Gasteiger charge is -2.19. The van der Waals surface area contributed by atoms with E-state index in [1.54, 1.807) is 13.0 Å². The molecule has 3 heteroatoms. The van der Waals surface area contributed by atoms with Crippen molar-refractivity contribution in [1.29, 1.82) is 0 Å². The topological polar surface area (TPSA) is 35.5 Å². The summed E-state index contributed by atoms with van der Waals surface area (Å²) in [4.78, 5) is 11.2. The highest BCUT2D eigenvalue weighted by molar-refractivity contribution is 5.70. The molecule has 0 aromatic carbocycles. The molecule has 0 radical (unpaired) electrons. The molecule has 1 heterocycles. The van der Waals surface area contributed by atoms with Crippen molar-refractivity contribution in [2.75, 3.05) is 6.61 Å². The highest BCUT2D eigenvalue weighted by Crippen LogP contribution is 2.32. The molecule has 14 heavy (non-hydrogen) atoms. The molecule has 0 spiro atoms. The minimum absolute atomic E-state index is 0.00273. The molecule has 1 saturated heterocycles. The Morgan fingerprint density at radius 1 is 1.79 bits per heavy atom. The van der Waals surface area contributed by atoms with E-state index >= 15 is 0 Å². The van der Waals surface area contributed by atoms with Gasteiger partial charge in [0.25, 0.3) is 0 Å². The molecule has 0 aliphatic carbocycles. The van der Waals surface area contributed by atoms with Gasteiger partial charge in [-0.3, -0.25) is 4.79 Å². The summed E-state index contributed by atoms with van der Waals surface area (Å²) >= 11 is 0. The smallest absolute Gasteiger partial charge is 0.308 e. The van der Waals surface area contributed by atoms with Crippen molar-refractivity contribution >= 4 is 5.97 Å². The van der Waals surface area contributed by atoms with Crippen LogP contribution in [0.25, 0.3) is 0 Å². The van der Waals surface area contributed by atoms with E-state index in [-0.39, 0.29) is 17.7 Å². The lowest BCUT2D eigenvalue weighted by molar-refractivity contribution is -0.146. The third-order valence-electron chi connectivity index (χ3n) is 2.53. The van der Waals surface area contributed by atoms with Gasteiger partial charge in [-0.15, -0.1) is 6.58 Å². The fourth-order valence-corrected chi connectivity index (χ4v) is 1.65. The van der Waals surface area contributed by atoms with Crippen LogP contribution in [-0.4, -0.2) is 24.3 Å². The number of carbonyl (C=O) groups excluding carboxylic acids is 1. The van der Waals surface area contributed by atoms with Gasteiger partial charge in [-0.2, -0.15) is 0 Å². The van der Waals surface area contributed by atoms with Crippen molar-refractivity contribution < 1.29 is 14.3 Å². The molecule has 0 bridgehead atoms. The highest BCUT2D eigenvalue weighted by atomic mass is 16.5. The van der Waals surface area contributed by atoms with Crippen LogP contribution in [0, 0.1) is 0 Å². The molecule has 3 nitrogen and oxygen atoms in total. The van der Waals surface area contributed by atoms with E-state index in [0.717, 1.165) is 12.8 Å². The molecule has 1 fully saturated rings. The van der Waals surface area contributed by atoms with Crippen LogP contribution in [0.5, 0.6) is 0 Å². The molecule has 0 amide bonds. The fraction of sp³-hybridized carbons (Fsp3) is 0.727. The van der Waals surface area contributed by atoms with E-state index in [2.05, 4.69) is 6.58 Å². The Morgan fingerprint density at radius 3 is 3.00 bits per heavy atom. The van der Waals surface area contributed by atoms with Crippen LogP contribution in [0.3, 0.4) is 0 Å². The largest absolute Gasteiger partial charge is 0.466 e. The fourth-order valence-electron chi connectivity index (χ4n) is 1.65. The quantitative estimate of drug-likeness (QED) is 0.512. The summed E-state index contributed by atoms with van der Waals surface area (Å²) < 4.78 is 10.6. The van der Waals surface area contributed by atoms with E-state index in [4.69, 9.17) is 9.47 Å². The monoisotopic (exact) mass is 198 g/mol. The van der Waals surface area contributed by atoms with E-state index in [0.29, 0.717) is 13.0 Å². The number of hydrogen-bond acceptors (Lipinski definition) is 3. The maximum atomic E-state index is 11.2. The van der Waals surface area contributed by atoms with Crippen LogP contribution < -0.4 is 0 Å². The minimum atomic E-state index is -0.253. The molecular weight excluding hydrogens is 180 g/mol. The molecule has 0 unspecified atom stereocenters. The SMILES string of the molecule is C=C[C@]1(C)CC[C@@H](CC(=O)OCC)O1. The maximum Gasteiger partial charge on any atom is 0.308 e. The number of ether oxygens (including phenoxy) is 2. The van der Waals surface area contributed by atoms with Crippen LogP contribution in [0.15, 0.2) is 12.7 Å². The Hall–Kier alpha value is -0.830. The van der Waals surface area contributed by atoms with Crippen molar-refractivity contribution in [2.24, 2.45) is 0 Å². The van der Waals surface area contributed by atoms with E-state index in [1.165, 1.54) is 0 Å². The second-order valence-electron chi connectivity index (χ2n) is 3.80. The Bertz CT molecular complexity index is 225. The molecule has 0 aromatic heterocycles. The first-order valence-corrected chi connectivity index (χ1v) is 5.06. The molecule has 80 valence electrons. The molecule has 0 aromatic rings. The average Bonchev–Trinajstić information content (AvgIpc) is 2.49. The normalized spacial score (nSPS) is 31.4. The average molecular weight is 198 g/mol. The van der Waals surface area contributed by atoms with Gasteiger partial charge < -0.3 is 9.47 Å². The Labute approximate surface area is 85.1 Å². The number of esters is 1. The second kappa shape index (κ2) is 4.60. The third-order valence-corrected chi connectivity index (χ3v) is 2.53. The summed E-state index contributed by atoms with van der Waals surface area (Å²) in [5.74, 6) is -0.175. The van der Waals surface area contributed by atoms with Crippen LogP contribution in [-0.2, 0) is 14.3 Å². The van der Waals surface area contributed by atoms with Gasteiger partial charge in [-0.05, 0) is 26.7 Å². The molecule has 1 rings (SSSR count). The molecule has 1 aliphatic heterocycles. The standard InChI is InChI=1S/C11H18O3/c1-4-11(3)7-6-9(14-11)8-10(12)13-5-2/h4,9H,1,5-8H2,2-3H3/t9-,11+/m0/s1. The maximum absolute atomic E-state index is 11.2. The third kappa shape index (κ3) is 2.84. The zero-order valence-corrected chi connectivity index (χ0v) is 8.91. The van der Waals surface area contributed by atoms with Crippen LogP contribution in [0.4, 0.5) is 0 Å². The molecule has 1 aliphatic rings. The molecule has 2 atom stereocenters. The molecular formula is C11H18O3. The Kier molecular flexibility index (Phi) is 3.69. The first-order valence-electron chi connectivity index (χ1n) is 5.06. The second-order valence-corrected chi connectivity index (χ2v) is 3.80. The van der Waals surface area contributed by atoms with E-state index in [9.17, 15) is 4.79 Å². The summed E-state index contributed by atoms with van der Waals surface area (Å²) in [6.45, 7) is 7.96. The van der Waals surface area contributed by atoms with Gasteiger partial charge in [-0.25, -0.2) is 0 Å². The van der Waals surface area contributed by atoms with Gasteiger partial charge in [0.2, 0.25) is 0 Å². The van der Waals surface area contributed by atoms with Crippen LogP contribution in [0.2, 0.25) is 0 Å². The van der Waals surface area contributed by atoms with Gasteiger partial charge in [0.1, 0.15) is 0 Å². The van der Waals surface area contributed by atoms with Crippen molar-refractivity contribution in [2.45, 2.75) is 44.8 Å². The van der Waals surface area contributed by atoms with Crippen molar-refractivity contribution in [1.82, 2.24) is 0 Å². The zero-order chi connectivity index (χ0) is 10.6. The first kappa shape index (κ1) is 11.2. The van der Waals surface area contributed by atoms with Gasteiger partial charge >= 0.3 is 5.97 Å². The number of carbonyl (C=O) groups is 1. The summed E-state index contributed by atoms with van der Waals surface area (Å²) in [7, 11) is 0. The van der Waals surface area contributed by atoms with Crippen LogP contribution in [0.1, 0.15) is 33.1 Å². The van der Waals surface area contributed by atoms with Gasteiger partial charge in [-0.1, -0.05) is 6.08 Å².